The van der Waals surface area contributed by atoms with E-state index in [0.29, 0.717) is 19.2 Å². The molecule has 0 saturated carbocycles. The van der Waals surface area contributed by atoms with Crippen molar-refractivity contribution in [3.8, 4) is 11.5 Å². The Labute approximate surface area is 141 Å². The highest BCUT2D eigenvalue weighted by Crippen LogP contribution is 2.33. The molecule has 2 aromatic rings. The average molecular weight is 326 g/mol. The van der Waals surface area contributed by atoms with E-state index in [0.717, 1.165) is 41.8 Å². The van der Waals surface area contributed by atoms with Crippen LogP contribution in [0.3, 0.4) is 0 Å². The van der Waals surface area contributed by atoms with E-state index in [9.17, 15) is 0 Å². The zero-order valence-electron chi connectivity index (χ0n) is 13.9. The van der Waals surface area contributed by atoms with Gasteiger partial charge in [0.1, 0.15) is 19.0 Å². The lowest BCUT2D eigenvalue weighted by atomic mass is 10.1. The molecule has 1 N–H and O–H groups in total. The van der Waals surface area contributed by atoms with Gasteiger partial charge in [-0.05, 0) is 38.3 Å². The Bertz CT molecular complexity index is 729. The second-order valence-electron chi connectivity index (χ2n) is 6.22. The van der Waals surface area contributed by atoms with Crippen molar-refractivity contribution in [1.29, 1.82) is 0 Å². The molecule has 1 aromatic carbocycles. The van der Waals surface area contributed by atoms with Gasteiger partial charge in [-0.1, -0.05) is 0 Å². The Hall–Kier alpha value is -2.50. The largest absolute Gasteiger partial charge is 0.486 e. The van der Waals surface area contributed by atoms with Gasteiger partial charge in [-0.2, -0.15) is 4.98 Å². The molecule has 24 heavy (non-hydrogen) atoms. The van der Waals surface area contributed by atoms with Crippen LogP contribution in [0.4, 0.5) is 17.5 Å². The molecular weight excluding hydrogens is 304 g/mol. The second-order valence-corrected chi connectivity index (χ2v) is 6.22. The molecule has 1 fully saturated rings. The molecule has 4 rings (SSSR count). The van der Waals surface area contributed by atoms with Gasteiger partial charge >= 0.3 is 0 Å². The van der Waals surface area contributed by atoms with Crippen LogP contribution < -0.4 is 19.7 Å². The number of fused-ring (bicyclic) bond motifs is 1. The number of hydrogen-bond donors (Lipinski definition) is 1. The predicted octanol–water partition coefficient (Wildman–Crippen LogP) is 3.29. The minimum Gasteiger partial charge on any atom is -0.486 e. The maximum absolute atomic E-state index is 5.63. The fourth-order valence-electron chi connectivity index (χ4n) is 3.14. The maximum atomic E-state index is 5.63. The molecule has 2 aliphatic heterocycles. The Balaban J connectivity index is 1.56. The molecule has 3 heterocycles. The first-order chi connectivity index (χ1) is 11.8. The predicted molar refractivity (Wildman–Crippen MR) is 93.5 cm³/mol. The zero-order chi connectivity index (χ0) is 16.4. The SMILES string of the molecule is Cc1cc(N2CCCCC2)nc(Nc2ccc3c(c2)OCCO3)n1. The Morgan fingerprint density at radius 2 is 1.75 bits per heavy atom. The summed E-state index contributed by atoms with van der Waals surface area (Å²) in [5.41, 5.74) is 1.86. The van der Waals surface area contributed by atoms with E-state index in [4.69, 9.17) is 14.5 Å². The summed E-state index contributed by atoms with van der Waals surface area (Å²) in [5, 5.41) is 3.29. The van der Waals surface area contributed by atoms with Crippen molar-refractivity contribution in [2.75, 3.05) is 36.5 Å². The Kier molecular flexibility index (Phi) is 4.11. The number of benzene rings is 1. The zero-order valence-corrected chi connectivity index (χ0v) is 13.9. The molecule has 6 nitrogen and oxygen atoms in total. The first-order valence-electron chi connectivity index (χ1n) is 8.55. The third kappa shape index (κ3) is 3.22. The van der Waals surface area contributed by atoms with Gasteiger partial charge in [0.15, 0.2) is 11.5 Å². The molecular formula is C18H22N4O2. The van der Waals surface area contributed by atoms with Crippen molar-refractivity contribution in [1.82, 2.24) is 9.97 Å². The van der Waals surface area contributed by atoms with Crippen molar-refractivity contribution >= 4 is 17.5 Å². The lowest BCUT2D eigenvalue weighted by Crippen LogP contribution is -2.30. The van der Waals surface area contributed by atoms with Crippen LogP contribution in [0.1, 0.15) is 25.0 Å². The summed E-state index contributed by atoms with van der Waals surface area (Å²) in [6.07, 6.45) is 3.77. The monoisotopic (exact) mass is 326 g/mol. The van der Waals surface area contributed by atoms with Crippen LogP contribution in [0.2, 0.25) is 0 Å². The van der Waals surface area contributed by atoms with E-state index in [1.165, 1.54) is 19.3 Å². The molecule has 6 heteroatoms. The standard InChI is InChI=1S/C18H22N4O2/c1-13-11-17(22-7-3-2-4-8-22)21-18(19-13)20-14-5-6-15-16(12-14)24-10-9-23-15/h5-6,11-12H,2-4,7-10H2,1H3,(H,19,20,21). The fourth-order valence-corrected chi connectivity index (χ4v) is 3.14. The third-order valence-corrected chi connectivity index (χ3v) is 4.32. The minimum atomic E-state index is 0.580. The molecule has 2 aliphatic rings. The summed E-state index contributed by atoms with van der Waals surface area (Å²) in [5.74, 6) is 3.16. The minimum absolute atomic E-state index is 0.580. The van der Waals surface area contributed by atoms with Crippen LogP contribution >= 0.6 is 0 Å². The molecule has 0 aliphatic carbocycles. The Morgan fingerprint density at radius 1 is 0.958 bits per heavy atom. The van der Waals surface area contributed by atoms with Crippen molar-refractivity contribution in [3.05, 3.63) is 30.0 Å². The smallest absolute Gasteiger partial charge is 0.229 e. The van der Waals surface area contributed by atoms with Crippen LogP contribution in [0.15, 0.2) is 24.3 Å². The molecule has 0 unspecified atom stereocenters. The molecule has 0 amide bonds. The van der Waals surface area contributed by atoms with E-state index in [-0.39, 0.29) is 0 Å². The Morgan fingerprint density at radius 3 is 2.58 bits per heavy atom. The van der Waals surface area contributed by atoms with Gasteiger partial charge in [-0.15, -0.1) is 0 Å². The van der Waals surface area contributed by atoms with Gasteiger partial charge in [-0.3, -0.25) is 0 Å². The topological polar surface area (TPSA) is 59.5 Å². The number of nitrogens with zero attached hydrogens (tertiary/aromatic N) is 3. The molecule has 1 saturated heterocycles. The highest BCUT2D eigenvalue weighted by Gasteiger charge is 2.15. The molecule has 126 valence electrons. The first kappa shape index (κ1) is 15.1. The van der Waals surface area contributed by atoms with E-state index in [1.807, 2.05) is 25.1 Å². The lowest BCUT2D eigenvalue weighted by Gasteiger charge is -2.28. The number of piperidine rings is 1. The van der Waals surface area contributed by atoms with E-state index >= 15 is 0 Å². The van der Waals surface area contributed by atoms with E-state index < -0.39 is 0 Å². The summed E-state index contributed by atoms with van der Waals surface area (Å²) >= 11 is 0. The highest BCUT2D eigenvalue weighted by atomic mass is 16.6. The van der Waals surface area contributed by atoms with Crippen molar-refractivity contribution < 1.29 is 9.47 Å². The summed E-state index contributed by atoms with van der Waals surface area (Å²) in [6, 6.07) is 7.86. The van der Waals surface area contributed by atoms with Crippen molar-refractivity contribution in [2.45, 2.75) is 26.2 Å². The van der Waals surface area contributed by atoms with Gasteiger partial charge < -0.3 is 19.7 Å². The maximum Gasteiger partial charge on any atom is 0.229 e. The van der Waals surface area contributed by atoms with Gasteiger partial charge in [0.25, 0.3) is 0 Å². The average Bonchev–Trinajstić information content (AvgIpc) is 2.62. The molecule has 0 bridgehead atoms. The summed E-state index contributed by atoms with van der Waals surface area (Å²) in [4.78, 5) is 11.6. The number of nitrogens with one attached hydrogen (secondary N) is 1. The lowest BCUT2D eigenvalue weighted by molar-refractivity contribution is 0.171. The van der Waals surface area contributed by atoms with Gasteiger partial charge in [-0.25, -0.2) is 4.98 Å². The van der Waals surface area contributed by atoms with Crippen molar-refractivity contribution in [2.24, 2.45) is 0 Å². The number of aryl methyl sites for hydroxylation is 1. The number of anilines is 3. The van der Waals surface area contributed by atoms with Crippen LogP contribution in [0.5, 0.6) is 11.5 Å². The van der Waals surface area contributed by atoms with Crippen LogP contribution in [0.25, 0.3) is 0 Å². The van der Waals surface area contributed by atoms with Gasteiger partial charge in [0.05, 0.1) is 0 Å². The molecule has 0 spiro atoms. The summed E-state index contributed by atoms with van der Waals surface area (Å²) in [6.45, 7) is 5.32. The molecule has 1 aromatic heterocycles. The van der Waals surface area contributed by atoms with Gasteiger partial charge in [0, 0.05) is 36.6 Å². The number of aromatic nitrogens is 2. The molecule has 0 radical (unpaired) electrons. The normalized spacial score (nSPS) is 16.8. The van der Waals surface area contributed by atoms with Crippen LogP contribution in [-0.2, 0) is 0 Å². The van der Waals surface area contributed by atoms with E-state index in [1.54, 1.807) is 0 Å². The first-order valence-corrected chi connectivity index (χ1v) is 8.55. The number of hydrogen-bond acceptors (Lipinski definition) is 6. The van der Waals surface area contributed by atoms with Crippen molar-refractivity contribution in [3.63, 3.8) is 0 Å². The second kappa shape index (κ2) is 6.55. The summed E-state index contributed by atoms with van der Waals surface area (Å²) in [7, 11) is 0. The number of ether oxygens (including phenoxy) is 2. The highest BCUT2D eigenvalue weighted by molar-refractivity contribution is 5.61. The number of rotatable bonds is 3. The molecule has 0 atom stereocenters. The third-order valence-electron chi connectivity index (χ3n) is 4.32. The van der Waals surface area contributed by atoms with E-state index in [2.05, 4.69) is 21.3 Å². The van der Waals surface area contributed by atoms with Crippen LogP contribution in [0, 0.1) is 6.92 Å². The summed E-state index contributed by atoms with van der Waals surface area (Å²) < 4.78 is 11.2. The van der Waals surface area contributed by atoms with Crippen LogP contribution in [-0.4, -0.2) is 36.3 Å². The fraction of sp³-hybridized carbons (Fsp3) is 0.444. The quantitative estimate of drug-likeness (QED) is 0.934. The van der Waals surface area contributed by atoms with Gasteiger partial charge in [0.2, 0.25) is 5.95 Å².